The Bertz CT molecular complexity index is 401. The summed E-state index contributed by atoms with van der Waals surface area (Å²) < 4.78 is 0. The summed E-state index contributed by atoms with van der Waals surface area (Å²) in [5.74, 6) is 0.344. The highest BCUT2D eigenvalue weighted by Gasteiger charge is 2.32. The summed E-state index contributed by atoms with van der Waals surface area (Å²) in [4.78, 5) is 12.9. The third kappa shape index (κ3) is 1.66. The predicted octanol–water partition coefficient (Wildman–Crippen LogP) is 2.12. The van der Waals surface area contributed by atoms with Crippen molar-refractivity contribution in [2.45, 2.75) is 38.8 Å². The van der Waals surface area contributed by atoms with Crippen LogP contribution in [0.2, 0.25) is 0 Å². The smallest absolute Gasteiger partial charge is 0.122 e. The van der Waals surface area contributed by atoms with Crippen LogP contribution in [0.3, 0.4) is 0 Å². The van der Waals surface area contributed by atoms with E-state index in [0.717, 1.165) is 24.0 Å². The second kappa shape index (κ2) is 4.16. The minimum Gasteiger partial charge on any atom is -0.508 e. The molecule has 86 valence electrons. The summed E-state index contributed by atoms with van der Waals surface area (Å²) in [5, 5.41) is 9.80. The van der Waals surface area contributed by atoms with Crippen LogP contribution in [0.1, 0.15) is 25.8 Å². The van der Waals surface area contributed by atoms with Gasteiger partial charge >= 0.3 is 0 Å². The highest BCUT2D eigenvalue weighted by Crippen LogP contribution is 2.39. The van der Waals surface area contributed by atoms with Gasteiger partial charge in [0, 0.05) is 29.8 Å². The lowest BCUT2D eigenvalue weighted by molar-refractivity contribution is -0.108. The van der Waals surface area contributed by atoms with Crippen LogP contribution in [0, 0.1) is 0 Å². The van der Waals surface area contributed by atoms with Gasteiger partial charge in [-0.1, -0.05) is 6.07 Å². The molecule has 0 aromatic heterocycles. The first kappa shape index (κ1) is 11.0. The second-order valence-corrected chi connectivity index (χ2v) is 4.54. The van der Waals surface area contributed by atoms with E-state index in [4.69, 9.17) is 0 Å². The maximum absolute atomic E-state index is 10.7. The average molecular weight is 219 g/mol. The topological polar surface area (TPSA) is 40.5 Å². The Kier molecular flexibility index (Phi) is 2.86. The fourth-order valence-electron chi connectivity index (χ4n) is 2.55. The van der Waals surface area contributed by atoms with E-state index in [2.05, 4.69) is 18.7 Å². The molecule has 0 saturated heterocycles. The van der Waals surface area contributed by atoms with Crippen molar-refractivity contribution < 1.29 is 9.90 Å². The molecule has 0 aliphatic carbocycles. The van der Waals surface area contributed by atoms with Gasteiger partial charge in [-0.25, -0.2) is 0 Å². The largest absolute Gasteiger partial charge is 0.508 e. The number of aldehydes is 1. The van der Waals surface area contributed by atoms with E-state index in [9.17, 15) is 9.90 Å². The van der Waals surface area contributed by atoms with Crippen LogP contribution in [-0.4, -0.2) is 23.5 Å². The van der Waals surface area contributed by atoms with Gasteiger partial charge in [-0.2, -0.15) is 0 Å². The van der Waals surface area contributed by atoms with Crippen LogP contribution < -0.4 is 4.90 Å². The molecule has 1 N–H and O–H groups in total. The van der Waals surface area contributed by atoms with Gasteiger partial charge in [0.15, 0.2) is 0 Å². The zero-order valence-corrected chi connectivity index (χ0v) is 9.68. The second-order valence-electron chi connectivity index (χ2n) is 4.54. The van der Waals surface area contributed by atoms with Crippen molar-refractivity contribution in [2.24, 2.45) is 0 Å². The number of hydrogen-bond donors (Lipinski definition) is 1. The number of hydrogen-bond acceptors (Lipinski definition) is 3. The van der Waals surface area contributed by atoms with E-state index in [1.807, 2.05) is 12.1 Å². The van der Waals surface area contributed by atoms with E-state index >= 15 is 0 Å². The van der Waals surface area contributed by atoms with E-state index < -0.39 is 0 Å². The van der Waals surface area contributed by atoms with Crippen LogP contribution in [0.15, 0.2) is 18.2 Å². The summed E-state index contributed by atoms with van der Waals surface area (Å²) in [6, 6.07) is 6.11. The molecule has 1 atom stereocenters. The number of aromatic hydroxyl groups is 1. The Morgan fingerprint density at radius 1 is 1.56 bits per heavy atom. The molecule has 1 aromatic carbocycles. The number of phenols is 1. The Morgan fingerprint density at radius 2 is 2.31 bits per heavy atom. The molecule has 0 fully saturated rings. The minimum atomic E-state index is 0.195. The van der Waals surface area contributed by atoms with Gasteiger partial charge in [0.25, 0.3) is 0 Å². The number of carbonyl (C=O) groups excluding carboxylic acids is 1. The first-order valence-electron chi connectivity index (χ1n) is 5.68. The highest BCUT2D eigenvalue weighted by atomic mass is 16.3. The molecular weight excluding hydrogens is 202 g/mol. The lowest BCUT2D eigenvalue weighted by Gasteiger charge is -2.30. The van der Waals surface area contributed by atoms with Gasteiger partial charge in [-0.15, -0.1) is 0 Å². The van der Waals surface area contributed by atoms with E-state index in [-0.39, 0.29) is 6.04 Å². The summed E-state index contributed by atoms with van der Waals surface area (Å²) in [7, 11) is 0. The maximum atomic E-state index is 10.7. The quantitative estimate of drug-likeness (QED) is 0.792. The standard InChI is InChI=1S/C13H17NO2/c1-9(2)14-10(6-7-15)8-11-12(14)4-3-5-13(11)16/h3-5,7,9-10,16H,6,8H2,1-2H3. The van der Waals surface area contributed by atoms with Crippen molar-refractivity contribution in [1.29, 1.82) is 0 Å². The number of fused-ring (bicyclic) bond motifs is 1. The maximum Gasteiger partial charge on any atom is 0.122 e. The summed E-state index contributed by atoms with van der Waals surface area (Å²) >= 11 is 0. The Hall–Kier alpha value is -1.51. The Labute approximate surface area is 95.7 Å². The number of nitrogens with zero attached hydrogens (tertiary/aromatic N) is 1. The van der Waals surface area contributed by atoms with Gasteiger partial charge in [0.2, 0.25) is 0 Å². The van der Waals surface area contributed by atoms with Crippen LogP contribution in [0.25, 0.3) is 0 Å². The van der Waals surface area contributed by atoms with Crippen LogP contribution in [0.5, 0.6) is 5.75 Å². The summed E-state index contributed by atoms with van der Waals surface area (Å²) in [6.07, 6.45) is 2.24. The molecule has 1 heterocycles. The van der Waals surface area contributed by atoms with Crippen molar-refractivity contribution in [3.63, 3.8) is 0 Å². The van der Waals surface area contributed by atoms with Gasteiger partial charge < -0.3 is 14.8 Å². The number of anilines is 1. The molecule has 3 nitrogen and oxygen atoms in total. The van der Waals surface area contributed by atoms with E-state index in [1.165, 1.54) is 0 Å². The number of carbonyl (C=O) groups is 1. The van der Waals surface area contributed by atoms with Crippen LogP contribution in [0.4, 0.5) is 5.69 Å². The summed E-state index contributed by atoms with van der Waals surface area (Å²) in [6.45, 7) is 4.22. The number of phenolic OH excluding ortho intramolecular Hbond substituents is 1. The van der Waals surface area contributed by atoms with Crippen LogP contribution in [-0.2, 0) is 11.2 Å². The molecule has 0 saturated carbocycles. The van der Waals surface area contributed by atoms with Gasteiger partial charge in [0.1, 0.15) is 12.0 Å². The van der Waals surface area contributed by atoms with Crippen molar-refractivity contribution in [3.05, 3.63) is 23.8 Å². The lowest BCUT2D eigenvalue weighted by atomic mass is 10.1. The minimum absolute atomic E-state index is 0.195. The summed E-state index contributed by atoms with van der Waals surface area (Å²) in [5.41, 5.74) is 2.05. The normalized spacial score (nSPS) is 18.9. The number of rotatable bonds is 3. The fourth-order valence-corrected chi connectivity index (χ4v) is 2.55. The molecule has 0 amide bonds. The Morgan fingerprint density at radius 3 is 2.94 bits per heavy atom. The highest BCUT2D eigenvalue weighted by molar-refractivity contribution is 5.66. The first-order chi connectivity index (χ1) is 7.65. The third-order valence-corrected chi connectivity index (χ3v) is 3.16. The van der Waals surface area contributed by atoms with E-state index in [0.29, 0.717) is 18.2 Å². The van der Waals surface area contributed by atoms with Crippen molar-refractivity contribution in [2.75, 3.05) is 4.90 Å². The molecule has 2 rings (SSSR count). The van der Waals surface area contributed by atoms with Gasteiger partial charge in [-0.05, 0) is 32.4 Å². The van der Waals surface area contributed by atoms with Crippen molar-refractivity contribution >= 4 is 12.0 Å². The van der Waals surface area contributed by atoms with Gasteiger partial charge in [-0.3, -0.25) is 0 Å². The van der Waals surface area contributed by atoms with Gasteiger partial charge in [0.05, 0.1) is 0 Å². The van der Waals surface area contributed by atoms with E-state index in [1.54, 1.807) is 6.07 Å². The molecule has 1 aliphatic heterocycles. The zero-order valence-electron chi connectivity index (χ0n) is 9.68. The molecular formula is C13H17NO2. The number of benzene rings is 1. The molecule has 0 spiro atoms. The lowest BCUT2D eigenvalue weighted by Crippen LogP contribution is -2.37. The SMILES string of the molecule is CC(C)N1c2cccc(O)c2CC1CC=O. The third-order valence-electron chi connectivity index (χ3n) is 3.16. The zero-order chi connectivity index (χ0) is 11.7. The predicted molar refractivity (Wildman–Crippen MR) is 63.9 cm³/mol. The molecule has 0 radical (unpaired) electrons. The molecule has 1 aromatic rings. The molecule has 3 heteroatoms. The monoisotopic (exact) mass is 219 g/mol. The molecule has 1 unspecified atom stereocenters. The molecule has 16 heavy (non-hydrogen) atoms. The van der Waals surface area contributed by atoms with Crippen molar-refractivity contribution in [1.82, 2.24) is 0 Å². The fraction of sp³-hybridized carbons (Fsp3) is 0.462. The Balaban J connectivity index is 2.40. The first-order valence-corrected chi connectivity index (χ1v) is 5.68. The molecule has 1 aliphatic rings. The van der Waals surface area contributed by atoms with Crippen molar-refractivity contribution in [3.8, 4) is 5.75 Å². The van der Waals surface area contributed by atoms with Crippen LogP contribution >= 0.6 is 0 Å². The average Bonchev–Trinajstić information content (AvgIpc) is 2.58. The molecule has 0 bridgehead atoms.